The van der Waals surface area contributed by atoms with E-state index in [1.54, 1.807) is 12.1 Å². The van der Waals surface area contributed by atoms with Crippen molar-refractivity contribution >= 4 is 17.6 Å². The molecule has 0 radical (unpaired) electrons. The summed E-state index contributed by atoms with van der Waals surface area (Å²) in [6.45, 7) is 4.30. The van der Waals surface area contributed by atoms with Gasteiger partial charge >= 0.3 is 0 Å². The molecule has 16 heavy (non-hydrogen) atoms. The molecule has 1 rings (SSSR count). The minimum Gasteiger partial charge on any atom is -0.384 e. The third-order valence-electron chi connectivity index (χ3n) is 2.20. The van der Waals surface area contributed by atoms with Gasteiger partial charge in [0.1, 0.15) is 11.7 Å². The molecule has 2 nitrogen and oxygen atoms in total. The van der Waals surface area contributed by atoms with Gasteiger partial charge in [0.25, 0.3) is 0 Å². The monoisotopic (exact) mass is 240 g/mol. The Morgan fingerprint density at radius 1 is 1.50 bits per heavy atom. The van der Waals surface area contributed by atoms with Gasteiger partial charge in [0.05, 0.1) is 0 Å². The molecule has 3 N–H and O–H groups in total. The zero-order valence-corrected chi connectivity index (χ0v) is 10.4. The van der Waals surface area contributed by atoms with Crippen LogP contribution in [0.25, 0.3) is 0 Å². The Bertz CT molecular complexity index is 377. The summed E-state index contributed by atoms with van der Waals surface area (Å²) in [6, 6.07) is 4.69. The predicted molar refractivity (Wildman–Crippen MR) is 67.6 cm³/mol. The lowest BCUT2D eigenvalue weighted by molar-refractivity contribution is 0.600. The summed E-state index contributed by atoms with van der Waals surface area (Å²) in [5.41, 5.74) is 5.72. The van der Waals surface area contributed by atoms with Gasteiger partial charge in [0, 0.05) is 10.5 Å². The standard InChI is InChI=1S/C12H17FN2S/c1-8(2)5-6-16-11-4-3-9(12(14)15)7-10(11)13/h3-4,7-8H,5-6H2,1-2H3,(H3,14,15). The molecule has 0 unspecified atom stereocenters. The first-order valence-corrected chi connectivity index (χ1v) is 6.26. The van der Waals surface area contributed by atoms with Crippen LogP contribution >= 0.6 is 11.8 Å². The first-order chi connectivity index (χ1) is 7.50. The fraction of sp³-hybridized carbons (Fsp3) is 0.417. The first-order valence-electron chi connectivity index (χ1n) is 5.27. The van der Waals surface area contributed by atoms with E-state index in [4.69, 9.17) is 11.1 Å². The minimum absolute atomic E-state index is 0.0994. The van der Waals surface area contributed by atoms with Gasteiger partial charge in [-0.15, -0.1) is 11.8 Å². The van der Waals surface area contributed by atoms with Crippen molar-refractivity contribution in [1.82, 2.24) is 0 Å². The van der Waals surface area contributed by atoms with E-state index in [2.05, 4.69) is 13.8 Å². The van der Waals surface area contributed by atoms with Crippen LogP contribution in [0.15, 0.2) is 23.1 Å². The van der Waals surface area contributed by atoms with Gasteiger partial charge in [0.2, 0.25) is 0 Å². The smallest absolute Gasteiger partial charge is 0.137 e. The number of benzene rings is 1. The van der Waals surface area contributed by atoms with Gasteiger partial charge in [-0.05, 0) is 36.3 Å². The topological polar surface area (TPSA) is 49.9 Å². The van der Waals surface area contributed by atoms with Crippen LogP contribution < -0.4 is 5.73 Å². The van der Waals surface area contributed by atoms with Crippen LogP contribution in [-0.2, 0) is 0 Å². The molecule has 0 heterocycles. The summed E-state index contributed by atoms with van der Waals surface area (Å²) < 4.78 is 13.6. The van der Waals surface area contributed by atoms with Crippen molar-refractivity contribution in [2.75, 3.05) is 5.75 Å². The highest BCUT2D eigenvalue weighted by Gasteiger charge is 2.06. The highest BCUT2D eigenvalue weighted by molar-refractivity contribution is 7.99. The van der Waals surface area contributed by atoms with Crippen molar-refractivity contribution in [3.63, 3.8) is 0 Å². The number of nitrogen functional groups attached to an aromatic ring is 1. The number of thioether (sulfide) groups is 1. The molecule has 0 saturated heterocycles. The van der Waals surface area contributed by atoms with Crippen LogP contribution in [0.4, 0.5) is 4.39 Å². The highest BCUT2D eigenvalue weighted by Crippen LogP contribution is 2.24. The molecule has 0 aliphatic carbocycles. The molecule has 0 aliphatic heterocycles. The van der Waals surface area contributed by atoms with Gasteiger partial charge in [-0.2, -0.15) is 0 Å². The molecule has 1 aromatic rings. The molecule has 0 atom stereocenters. The molecular weight excluding hydrogens is 223 g/mol. The van der Waals surface area contributed by atoms with Crippen molar-refractivity contribution < 1.29 is 4.39 Å². The molecular formula is C12H17FN2S. The molecule has 0 amide bonds. The van der Waals surface area contributed by atoms with E-state index in [9.17, 15) is 4.39 Å². The number of hydrogen-bond donors (Lipinski definition) is 2. The van der Waals surface area contributed by atoms with Crippen molar-refractivity contribution in [2.24, 2.45) is 11.7 Å². The third kappa shape index (κ3) is 3.85. The second-order valence-electron chi connectivity index (χ2n) is 4.09. The van der Waals surface area contributed by atoms with Crippen molar-refractivity contribution in [2.45, 2.75) is 25.2 Å². The molecule has 0 saturated carbocycles. The lowest BCUT2D eigenvalue weighted by Gasteiger charge is -2.06. The molecule has 4 heteroatoms. The summed E-state index contributed by atoms with van der Waals surface area (Å²) in [6.07, 6.45) is 1.07. The van der Waals surface area contributed by atoms with Gasteiger partial charge in [-0.1, -0.05) is 13.8 Å². The molecule has 0 aliphatic rings. The highest BCUT2D eigenvalue weighted by atomic mass is 32.2. The number of rotatable bonds is 5. The second kappa shape index (κ2) is 5.89. The van der Waals surface area contributed by atoms with Crippen LogP contribution in [0.1, 0.15) is 25.8 Å². The Labute approximate surface area is 99.9 Å². The predicted octanol–water partition coefficient (Wildman–Crippen LogP) is 3.25. The van der Waals surface area contributed by atoms with Crippen LogP contribution in [0.2, 0.25) is 0 Å². The molecule has 0 fully saturated rings. The summed E-state index contributed by atoms with van der Waals surface area (Å²) in [5, 5.41) is 7.20. The number of halogens is 1. The Morgan fingerprint density at radius 3 is 2.69 bits per heavy atom. The summed E-state index contributed by atoms with van der Waals surface area (Å²) >= 11 is 1.51. The molecule has 0 spiro atoms. The van der Waals surface area contributed by atoms with Gasteiger partial charge in [-0.25, -0.2) is 4.39 Å². The Morgan fingerprint density at radius 2 is 2.19 bits per heavy atom. The zero-order valence-electron chi connectivity index (χ0n) is 9.59. The summed E-state index contributed by atoms with van der Waals surface area (Å²) in [5.74, 6) is 1.15. The Balaban J connectivity index is 2.64. The number of nitrogens with two attached hydrogens (primary N) is 1. The average Bonchev–Trinajstić information content (AvgIpc) is 2.19. The quantitative estimate of drug-likeness (QED) is 0.471. The van der Waals surface area contributed by atoms with E-state index < -0.39 is 0 Å². The van der Waals surface area contributed by atoms with Crippen molar-refractivity contribution in [3.05, 3.63) is 29.6 Å². The zero-order chi connectivity index (χ0) is 12.1. The number of nitrogens with one attached hydrogen (secondary N) is 1. The molecule has 0 aromatic heterocycles. The Hall–Kier alpha value is -1.03. The Kier molecular flexibility index (Phi) is 4.80. The fourth-order valence-electron chi connectivity index (χ4n) is 1.19. The van der Waals surface area contributed by atoms with E-state index >= 15 is 0 Å². The second-order valence-corrected chi connectivity index (χ2v) is 5.23. The van der Waals surface area contributed by atoms with E-state index in [-0.39, 0.29) is 11.7 Å². The average molecular weight is 240 g/mol. The van der Waals surface area contributed by atoms with E-state index in [1.165, 1.54) is 17.8 Å². The normalized spacial score (nSPS) is 10.8. The molecule has 0 bridgehead atoms. The largest absolute Gasteiger partial charge is 0.384 e. The van der Waals surface area contributed by atoms with Gasteiger partial charge in [0.15, 0.2) is 0 Å². The van der Waals surface area contributed by atoms with Crippen molar-refractivity contribution in [1.29, 1.82) is 5.41 Å². The maximum atomic E-state index is 13.6. The van der Waals surface area contributed by atoms with E-state index in [0.717, 1.165) is 12.2 Å². The number of amidine groups is 1. The van der Waals surface area contributed by atoms with E-state index in [1.807, 2.05) is 0 Å². The lowest BCUT2D eigenvalue weighted by atomic mass is 10.2. The maximum absolute atomic E-state index is 13.6. The summed E-state index contributed by atoms with van der Waals surface area (Å²) in [4.78, 5) is 0.630. The van der Waals surface area contributed by atoms with Crippen LogP contribution in [-0.4, -0.2) is 11.6 Å². The number of hydrogen-bond acceptors (Lipinski definition) is 2. The first kappa shape index (κ1) is 13.0. The molecule has 1 aromatic carbocycles. The van der Waals surface area contributed by atoms with Crippen LogP contribution in [0.3, 0.4) is 0 Å². The third-order valence-corrected chi connectivity index (χ3v) is 3.28. The van der Waals surface area contributed by atoms with Gasteiger partial charge in [-0.3, -0.25) is 5.41 Å². The van der Waals surface area contributed by atoms with Gasteiger partial charge < -0.3 is 5.73 Å². The lowest BCUT2D eigenvalue weighted by Crippen LogP contribution is -2.11. The minimum atomic E-state index is -0.290. The van der Waals surface area contributed by atoms with Crippen LogP contribution in [0, 0.1) is 17.1 Å². The summed E-state index contributed by atoms with van der Waals surface area (Å²) in [7, 11) is 0. The maximum Gasteiger partial charge on any atom is 0.137 e. The SMILES string of the molecule is CC(C)CCSc1ccc(C(=N)N)cc1F. The molecule has 88 valence electrons. The van der Waals surface area contributed by atoms with E-state index in [0.29, 0.717) is 16.4 Å². The van der Waals surface area contributed by atoms with Crippen molar-refractivity contribution in [3.8, 4) is 0 Å². The fourth-order valence-corrected chi connectivity index (χ4v) is 2.36. The van der Waals surface area contributed by atoms with Crippen LogP contribution in [0.5, 0.6) is 0 Å².